The van der Waals surface area contributed by atoms with E-state index in [1.165, 1.54) is 18.3 Å². The topological polar surface area (TPSA) is 77.0 Å². The van der Waals surface area contributed by atoms with Crippen LogP contribution in [0.1, 0.15) is 18.1 Å². The summed E-state index contributed by atoms with van der Waals surface area (Å²) in [6, 6.07) is 23.3. The summed E-state index contributed by atoms with van der Waals surface area (Å²) in [4.78, 5) is 2.32. The molecule has 3 rings (SSSR count). The fraction of sp³-hybridized carbons (Fsp3) is 0.136. The van der Waals surface area contributed by atoms with E-state index >= 15 is 0 Å². The Morgan fingerprint density at radius 1 is 0.897 bits per heavy atom. The van der Waals surface area contributed by atoms with Crippen LogP contribution in [0.25, 0.3) is 0 Å². The highest BCUT2D eigenvalue weighted by molar-refractivity contribution is 7.89. The molecular weight excluding hydrogens is 388 g/mol. The van der Waals surface area contributed by atoms with Crippen LogP contribution in [-0.2, 0) is 16.6 Å². The van der Waals surface area contributed by atoms with Crippen LogP contribution in [0.2, 0.25) is 0 Å². The third kappa shape index (κ3) is 6.08. The molecule has 29 heavy (non-hydrogen) atoms. The largest absolute Gasteiger partial charge is 0.494 e. The van der Waals surface area contributed by atoms with Gasteiger partial charge in [0.25, 0.3) is 10.0 Å². The molecule has 0 radical (unpaired) electrons. The summed E-state index contributed by atoms with van der Waals surface area (Å²) in [6.07, 6.45) is 1.43. The average molecular weight is 410 g/mol. The average Bonchev–Trinajstić information content (AvgIpc) is 2.74. The Kier molecular flexibility index (Phi) is 6.86. The number of nitrogens with one attached hydrogen (secondary N) is 1. The summed E-state index contributed by atoms with van der Waals surface area (Å²) in [5.41, 5.74) is 1.78. The minimum absolute atomic E-state index is 0.109. The van der Waals surface area contributed by atoms with Crippen molar-refractivity contribution in [2.75, 3.05) is 6.61 Å². The highest BCUT2D eigenvalue weighted by atomic mass is 32.2. The van der Waals surface area contributed by atoms with E-state index in [0.717, 1.165) is 5.56 Å². The van der Waals surface area contributed by atoms with Gasteiger partial charge in [0.15, 0.2) is 0 Å². The normalized spacial score (nSPS) is 11.3. The maximum atomic E-state index is 12.3. The summed E-state index contributed by atoms with van der Waals surface area (Å²) >= 11 is 0. The first-order valence-corrected chi connectivity index (χ1v) is 10.6. The van der Waals surface area contributed by atoms with E-state index in [2.05, 4.69) is 9.93 Å². The molecule has 150 valence electrons. The molecule has 1 N–H and O–H groups in total. The number of hydrazone groups is 1. The number of hydrogen-bond donors (Lipinski definition) is 1. The van der Waals surface area contributed by atoms with Gasteiger partial charge in [-0.1, -0.05) is 42.5 Å². The molecule has 0 heterocycles. The molecule has 0 aliphatic carbocycles. The first-order valence-electron chi connectivity index (χ1n) is 9.11. The van der Waals surface area contributed by atoms with Crippen LogP contribution < -0.4 is 14.3 Å². The molecule has 0 saturated heterocycles. The van der Waals surface area contributed by atoms with Crippen LogP contribution in [-0.4, -0.2) is 21.2 Å². The van der Waals surface area contributed by atoms with Gasteiger partial charge in [0, 0.05) is 0 Å². The van der Waals surface area contributed by atoms with Crippen molar-refractivity contribution in [3.63, 3.8) is 0 Å². The van der Waals surface area contributed by atoms with Gasteiger partial charge in [0.1, 0.15) is 18.1 Å². The van der Waals surface area contributed by atoms with Crippen molar-refractivity contribution in [2.24, 2.45) is 5.10 Å². The van der Waals surface area contributed by atoms with Gasteiger partial charge in [-0.25, -0.2) is 4.83 Å². The molecule has 3 aromatic carbocycles. The highest BCUT2D eigenvalue weighted by Crippen LogP contribution is 2.16. The van der Waals surface area contributed by atoms with Crippen molar-refractivity contribution >= 4 is 16.2 Å². The third-order valence-corrected chi connectivity index (χ3v) is 5.18. The SMILES string of the molecule is CCOc1ccc(S(=O)(=O)NN=Cc2cccc(OCc3ccccc3)c2)cc1. The molecule has 7 heteroatoms. The van der Waals surface area contributed by atoms with Gasteiger partial charge >= 0.3 is 0 Å². The monoisotopic (exact) mass is 410 g/mol. The fourth-order valence-electron chi connectivity index (χ4n) is 2.53. The van der Waals surface area contributed by atoms with E-state index in [1.54, 1.807) is 18.2 Å². The molecule has 0 amide bonds. The molecule has 0 aromatic heterocycles. The van der Waals surface area contributed by atoms with Crippen molar-refractivity contribution in [1.82, 2.24) is 4.83 Å². The Labute approximate surface area is 170 Å². The Balaban J connectivity index is 1.60. The first-order chi connectivity index (χ1) is 14.1. The number of nitrogens with zero attached hydrogens (tertiary/aromatic N) is 1. The zero-order chi connectivity index (χ0) is 20.5. The molecule has 3 aromatic rings. The van der Waals surface area contributed by atoms with Crippen molar-refractivity contribution in [1.29, 1.82) is 0 Å². The molecule has 0 spiro atoms. The molecule has 6 nitrogen and oxygen atoms in total. The van der Waals surface area contributed by atoms with Crippen LogP contribution in [0.5, 0.6) is 11.5 Å². The van der Waals surface area contributed by atoms with Gasteiger partial charge in [-0.15, -0.1) is 0 Å². The maximum absolute atomic E-state index is 12.3. The van der Waals surface area contributed by atoms with Crippen molar-refractivity contribution < 1.29 is 17.9 Å². The zero-order valence-electron chi connectivity index (χ0n) is 16.0. The zero-order valence-corrected chi connectivity index (χ0v) is 16.8. The standard InChI is InChI=1S/C22H22N2O4S/c1-2-27-20-11-13-22(14-12-20)29(25,26)24-23-16-19-9-6-10-21(15-19)28-17-18-7-4-3-5-8-18/h3-16,24H,2,17H2,1H3. The Bertz CT molecular complexity index is 1050. The van der Waals surface area contributed by atoms with E-state index < -0.39 is 10.0 Å². The van der Waals surface area contributed by atoms with Gasteiger partial charge in [-0.05, 0) is 54.4 Å². The van der Waals surface area contributed by atoms with E-state index in [0.29, 0.717) is 30.3 Å². The number of hydrogen-bond acceptors (Lipinski definition) is 5. The fourth-order valence-corrected chi connectivity index (χ4v) is 3.32. The predicted octanol–water partition coefficient (Wildman–Crippen LogP) is 3.98. The summed E-state index contributed by atoms with van der Waals surface area (Å²) < 4.78 is 35.7. The second-order valence-electron chi connectivity index (χ2n) is 6.10. The minimum atomic E-state index is -3.75. The summed E-state index contributed by atoms with van der Waals surface area (Å²) in [5.74, 6) is 1.29. The van der Waals surface area contributed by atoms with Crippen molar-refractivity contribution in [2.45, 2.75) is 18.4 Å². The van der Waals surface area contributed by atoms with Crippen LogP contribution >= 0.6 is 0 Å². The van der Waals surface area contributed by atoms with Gasteiger partial charge in [-0.3, -0.25) is 0 Å². The summed E-state index contributed by atoms with van der Waals surface area (Å²) in [5, 5.41) is 3.86. The van der Waals surface area contributed by atoms with Crippen molar-refractivity contribution in [3.8, 4) is 11.5 Å². The van der Waals surface area contributed by atoms with Gasteiger partial charge < -0.3 is 9.47 Å². The molecular formula is C22H22N2O4S. The lowest BCUT2D eigenvalue weighted by Gasteiger charge is -2.07. The number of rotatable bonds is 9. The maximum Gasteiger partial charge on any atom is 0.276 e. The highest BCUT2D eigenvalue weighted by Gasteiger charge is 2.12. The lowest BCUT2D eigenvalue weighted by molar-refractivity contribution is 0.306. The quantitative estimate of drug-likeness (QED) is 0.428. The van der Waals surface area contributed by atoms with Crippen LogP contribution in [0.15, 0.2) is 88.9 Å². The molecule has 0 bridgehead atoms. The first kappa shape index (κ1) is 20.4. The summed E-state index contributed by atoms with van der Waals surface area (Å²) in [6.45, 7) is 2.83. The number of benzene rings is 3. The van der Waals surface area contributed by atoms with Crippen LogP contribution in [0.4, 0.5) is 0 Å². The Morgan fingerprint density at radius 3 is 2.38 bits per heavy atom. The van der Waals surface area contributed by atoms with Gasteiger partial charge in [0.2, 0.25) is 0 Å². The Hall–Kier alpha value is -3.32. The van der Waals surface area contributed by atoms with Crippen LogP contribution in [0, 0.1) is 0 Å². The van der Waals surface area contributed by atoms with Gasteiger partial charge in [-0.2, -0.15) is 13.5 Å². The lowest BCUT2D eigenvalue weighted by Crippen LogP contribution is -2.18. The van der Waals surface area contributed by atoms with Crippen molar-refractivity contribution in [3.05, 3.63) is 90.0 Å². The van der Waals surface area contributed by atoms with Gasteiger partial charge in [0.05, 0.1) is 17.7 Å². The summed E-state index contributed by atoms with van der Waals surface area (Å²) in [7, 11) is -3.75. The van der Waals surface area contributed by atoms with E-state index in [4.69, 9.17) is 9.47 Å². The number of ether oxygens (including phenoxy) is 2. The van der Waals surface area contributed by atoms with E-state index in [9.17, 15) is 8.42 Å². The molecule has 0 fully saturated rings. The molecule has 0 atom stereocenters. The van der Waals surface area contributed by atoms with Crippen LogP contribution in [0.3, 0.4) is 0 Å². The molecule has 0 saturated carbocycles. The van der Waals surface area contributed by atoms with E-state index in [1.807, 2.05) is 55.5 Å². The Morgan fingerprint density at radius 2 is 1.66 bits per heavy atom. The predicted molar refractivity (Wildman–Crippen MR) is 113 cm³/mol. The lowest BCUT2D eigenvalue weighted by atomic mass is 10.2. The number of sulfonamides is 1. The molecule has 0 unspecified atom stereocenters. The smallest absolute Gasteiger partial charge is 0.276 e. The second kappa shape index (κ2) is 9.75. The molecule has 0 aliphatic rings. The minimum Gasteiger partial charge on any atom is -0.494 e. The van der Waals surface area contributed by atoms with E-state index in [-0.39, 0.29) is 4.90 Å². The molecule has 0 aliphatic heterocycles. The third-order valence-electron chi connectivity index (χ3n) is 3.94. The second-order valence-corrected chi connectivity index (χ2v) is 7.76.